The Bertz CT molecular complexity index is 2390. The van der Waals surface area contributed by atoms with Crippen LogP contribution in [0.3, 0.4) is 0 Å². The van der Waals surface area contributed by atoms with Gasteiger partial charge in [0.2, 0.25) is 0 Å². The number of aromatic amines is 1. The third kappa shape index (κ3) is 11.4. The highest BCUT2D eigenvalue weighted by atomic mass is 35.5. The van der Waals surface area contributed by atoms with E-state index in [1.807, 2.05) is 91.1 Å². The molecule has 0 amide bonds. The lowest BCUT2D eigenvalue weighted by molar-refractivity contribution is -0.825. The van der Waals surface area contributed by atoms with Crippen molar-refractivity contribution in [3.05, 3.63) is 137 Å². The summed E-state index contributed by atoms with van der Waals surface area (Å²) < 4.78 is 33.2. The summed E-state index contributed by atoms with van der Waals surface area (Å²) in [6.45, 7) is 7.44. The van der Waals surface area contributed by atoms with E-state index in [1.165, 1.54) is 12.1 Å². The van der Waals surface area contributed by atoms with Crippen molar-refractivity contribution in [2.24, 2.45) is 5.92 Å². The number of halogens is 1. The van der Waals surface area contributed by atoms with Gasteiger partial charge in [-0.05, 0) is 96.4 Å². The number of β-amino-alcohol motifs (C(OH)–C–C–N with tert-alkyl or cyclic N) is 1. The number of piperazine rings is 1. The smallest absolute Gasteiger partial charge is 0.186 e. The van der Waals surface area contributed by atoms with Crippen molar-refractivity contribution in [3.8, 4) is 11.5 Å². The molecule has 2 aliphatic rings. The van der Waals surface area contributed by atoms with E-state index in [0.29, 0.717) is 40.2 Å². The fraction of sp³-hybridized carbons (Fsp3) is 0.289. The molecule has 0 radical (unpaired) electrons. The highest BCUT2D eigenvalue weighted by Crippen LogP contribution is 2.34. The van der Waals surface area contributed by atoms with E-state index in [0.717, 1.165) is 97.8 Å². The minimum Gasteiger partial charge on any atom is -0.768 e. The van der Waals surface area contributed by atoms with Crippen LogP contribution in [0, 0.1) is 5.92 Å². The van der Waals surface area contributed by atoms with Crippen molar-refractivity contribution in [1.29, 1.82) is 0 Å². The molecule has 2 fully saturated rings. The van der Waals surface area contributed by atoms with Crippen LogP contribution in [-0.4, -0.2) is 97.7 Å². The molecule has 6 aromatic rings. The van der Waals surface area contributed by atoms with Gasteiger partial charge in [-0.15, -0.1) is 0 Å². The maximum absolute atomic E-state index is 12.4. The van der Waals surface area contributed by atoms with Crippen LogP contribution >= 0.6 is 11.6 Å². The molecule has 2 aromatic heterocycles. The number of quaternary nitrogens is 1. The lowest BCUT2D eigenvalue weighted by atomic mass is 9.85. The fourth-order valence-corrected chi connectivity index (χ4v) is 8.11. The number of nitrogens with zero attached hydrogens (tertiary/aromatic N) is 3. The molecule has 0 saturated carbocycles. The maximum atomic E-state index is 12.4. The summed E-state index contributed by atoms with van der Waals surface area (Å²) in [4.78, 5) is 24.6. The average Bonchev–Trinajstić information content (AvgIpc) is 3.75. The first-order valence-electron chi connectivity index (χ1n) is 19.9. The molecule has 322 valence electrons. The molecule has 2 aliphatic heterocycles. The normalized spacial score (nSPS) is 16.1. The first-order valence-corrected chi connectivity index (χ1v) is 21.3. The zero-order valence-corrected chi connectivity index (χ0v) is 35.3. The third-order valence-electron chi connectivity index (χ3n) is 11.0. The molecule has 0 bridgehead atoms. The van der Waals surface area contributed by atoms with Gasteiger partial charge in [0.05, 0.1) is 17.4 Å². The minimum absolute atomic E-state index is 0. The number of carbonyl (C=O) groups excluding carboxylic acids is 1. The molecule has 0 spiro atoms. The number of nitrogens with two attached hydrogens (primary N) is 1. The second kappa shape index (κ2) is 21.1. The molecule has 14 nitrogen and oxygen atoms in total. The number of benzene rings is 4. The Morgan fingerprint density at radius 1 is 1.00 bits per heavy atom. The maximum Gasteiger partial charge on any atom is 0.186 e. The van der Waals surface area contributed by atoms with Crippen molar-refractivity contribution in [3.63, 3.8) is 0 Å². The quantitative estimate of drug-likeness (QED) is 0.0406. The van der Waals surface area contributed by atoms with Gasteiger partial charge in [-0.3, -0.25) is 13.9 Å². The standard InChI is InChI=1S/C33H31ClN4O3.C12H18N2O4S.H2O/c1-23(39)30-12-11-28(20-31(30)41-29-19-24-13-14-35-32(24)36-21-29)38-17-15-37(16-18-38)22-33(40,25-5-3-2-4-6-25)26-7-9-27(34)10-8-26;15-14-12-7-10(19(16)17)1-2-11(12)13-8-9-3-5-18-6-4-9;/h2-14,19-21,40H,15-18,22H2,1H3,(H,35,36);1-2,7,9,13-15H,3-6,8H2,(H,16,17);1H2. The Balaban J connectivity index is 0.000000262. The van der Waals surface area contributed by atoms with Gasteiger partial charge in [0.1, 0.15) is 22.7 Å². The Kier molecular flexibility index (Phi) is 15.6. The Hall–Kier alpha value is -5.20. The highest BCUT2D eigenvalue weighted by Gasteiger charge is 2.35. The monoisotopic (exact) mass is 870 g/mol. The Morgan fingerprint density at radius 2 is 1.72 bits per heavy atom. The summed E-state index contributed by atoms with van der Waals surface area (Å²) in [5.74, 6) is 1.57. The highest BCUT2D eigenvalue weighted by molar-refractivity contribution is 7.79. The van der Waals surface area contributed by atoms with Gasteiger partial charge in [-0.25, -0.2) is 10.2 Å². The molecule has 2 atom stereocenters. The van der Waals surface area contributed by atoms with Crippen LogP contribution in [0.4, 0.5) is 17.1 Å². The summed E-state index contributed by atoms with van der Waals surface area (Å²) in [6, 6.07) is 31.4. The van der Waals surface area contributed by atoms with Crippen LogP contribution in [0.2, 0.25) is 5.02 Å². The molecular formula is C45H51ClN6O8S. The number of anilines is 2. The van der Waals surface area contributed by atoms with Gasteiger partial charge in [0.15, 0.2) is 11.5 Å². The first kappa shape index (κ1) is 45.3. The number of carbonyl (C=O) groups is 1. The van der Waals surface area contributed by atoms with Crippen LogP contribution in [-0.2, 0) is 21.4 Å². The van der Waals surface area contributed by atoms with Crippen molar-refractivity contribution >= 4 is 56.6 Å². The number of aromatic nitrogens is 2. The van der Waals surface area contributed by atoms with Crippen molar-refractivity contribution in [2.75, 3.05) is 62.7 Å². The predicted octanol–water partition coefficient (Wildman–Crippen LogP) is 5.79. The SMILES string of the molecule is CC(=O)c1ccc(N2CCN(CC(O)(c3ccccc3)c3ccc(Cl)cc3)CC2)cc1Oc1cnc2[nH]ccc2c1.O.O=S([O-])c1ccc(NCC2CCOCC2)c([NH2+]O)c1. The number of H-pyrrole nitrogens is 1. The number of aliphatic hydroxyl groups is 1. The number of hydrogen-bond acceptors (Lipinski definition) is 11. The number of rotatable bonds is 13. The minimum atomic E-state index is -2.28. The summed E-state index contributed by atoms with van der Waals surface area (Å²) in [7, 11) is 0. The number of pyridine rings is 1. The van der Waals surface area contributed by atoms with Crippen LogP contribution in [0.1, 0.15) is 41.3 Å². The lowest BCUT2D eigenvalue weighted by Gasteiger charge is -2.41. The summed E-state index contributed by atoms with van der Waals surface area (Å²) in [5.41, 5.74) is 4.91. The largest absolute Gasteiger partial charge is 0.768 e. The third-order valence-corrected chi connectivity index (χ3v) is 11.9. The summed E-state index contributed by atoms with van der Waals surface area (Å²) >= 11 is 3.86. The van der Waals surface area contributed by atoms with E-state index in [-0.39, 0.29) is 16.2 Å². The van der Waals surface area contributed by atoms with E-state index in [4.69, 9.17) is 21.1 Å². The number of fused-ring (bicyclic) bond motifs is 1. The fourth-order valence-electron chi connectivity index (χ4n) is 7.58. The number of Topliss-reactive ketones (excluding diaryl/α,β-unsaturated/α-hetero) is 1. The summed E-state index contributed by atoms with van der Waals surface area (Å²) in [6.07, 6.45) is 5.53. The zero-order chi connectivity index (χ0) is 42.1. The van der Waals surface area contributed by atoms with Crippen LogP contribution in [0.15, 0.2) is 120 Å². The topological polar surface area (TPSA) is 211 Å². The molecule has 61 heavy (non-hydrogen) atoms. The lowest BCUT2D eigenvalue weighted by Crippen LogP contribution is -2.74. The molecular weight excluding hydrogens is 820 g/mol. The van der Waals surface area contributed by atoms with Gasteiger partial charge < -0.3 is 39.8 Å². The van der Waals surface area contributed by atoms with E-state index in [9.17, 15) is 23.9 Å². The van der Waals surface area contributed by atoms with Gasteiger partial charge >= 0.3 is 0 Å². The van der Waals surface area contributed by atoms with Gasteiger partial charge in [0.25, 0.3) is 0 Å². The molecule has 0 aliphatic carbocycles. The molecule has 4 aromatic carbocycles. The molecule has 8 rings (SSSR count). The Morgan fingerprint density at radius 3 is 2.41 bits per heavy atom. The van der Waals surface area contributed by atoms with E-state index < -0.39 is 16.7 Å². The first-order chi connectivity index (χ1) is 29.1. The predicted molar refractivity (Wildman–Crippen MR) is 235 cm³/mol. The van der Waals surface area contributed by atoms with E-state index in [1.54, 1.807) is 19.2 Å². The van der Waals surface area contributed by atoms with E-state index in [2.05, 4.69) is 25.1 Å². The average molecular weight is 871 g/mol. The molecule has 2 unspecified atom stereocenters. The van der Waals surface area contributed by atoms with Crippen LogP contribution in [0.5, 0.6) is 11.5 Å². The second-order valence-electron chi connectivity index (χ2n) is 15.0. The van der Waals surface area contributed by atoms with Crippen molar-refractivity contribution in [1.82, 2.24) is 14.9 Å². The number of ether oxygens (including phenoxy) is 2. The van der Waals surface area contributed by atoms with E-state index >= 15 is 0 Å². The number of hydrogen-bond donors (Lipinski definition) is 5. The molecule has 16 heteroatoms. The molecule has 8 N–H and O–H groups in total. The number of ketones is 1. The number of nitrogens with one attached hydrogen (secondary N) is 2. The second-order valence-corrected chi connectivity index (χ2v) is 16.3. The molecule has 2 saturated heterocycles. The van der Waals surface area contributed by atoms with Crippen LogP contribution in [0.25, 0.3) is 11.0 Å². The molecule has 4 heterocycles. The van der Waals surface area contributed by atoms with Gasteiger partial charge in [-0.2, -0.15) is 5.48 Å². The Labute approximate surface area is 362 Å². The van der Waals surface area contributed by atoms with Gasteiger partial charge in [0, 0.05) is 91.8 Å². The van der Waals surface area contributed by atoms with Gasteiger partial charge in [-0.1, -0.05) is 54.1 Å². The van der Waals surface area contributed by atoms with Crippen molar-refractivity contribution < 1.29 is 44.3 Å². The van der Waals surface area contributed by atoms with Crippen molar-refractivity contribution in [2.45, 2.75) is 30.3 Å². The summed E-state index contributed by atoms with van der Waals surface area (Å²) in [5, 5.41) is 26.0. The van der Waals surface area contributed by atoms with Crippen LogP contribution < -0.4 is 20.4 Å². The zero-order valence-electron chi connectivity index (χ0n) is 33.8.